The normalized spacial score (nSPS) is 14.8. The van der Waals surface area contributed by atoms with Gasteiger partial charge in [0.1, 0.15) is 12.9 Å². The van der Waals surface area contributed by atoms with E-state index in [1.165, 1.54) is 22.2 Å². The molecule has 1 atom stereocenters. The van der Waals surface area contributed by atoms with Gasteiger partial charge < -0.3 is 10.5 Å². The SMILES string of the molecule is NC/C(=C/F)CC(c1ccc(-c2ccc3c(c2)NC(=O)OC3)s1)n1cn[nH]c1=O. The van der Waals surface area contributed by atoms with Gasteiger partial charge in [-0.2, -0.15) is 5.10 Å². The van der Waals surface area contributed by atoms with Crippen LogP contribution in [0.15, 0.2) is 53.4 Å². The lowest BCUT2D eigenvalue weighted by molar-refractivity contribution is 0.151. The summed E-state index contributed by atoms with van der Waals surface area (Å²) in [6, 6.07) is 9.13. The Labute approximate surface area is 168 Å². The van der Waals surface area contributed by atoms with Crippen molar-refractivity contribution in [2.45, 2.75) is 19.1 Å². The van der Waals surface area contributed by atoms with Gasteiger partial charge in [0.05, 0.1) is 18.1 Å². The molecule has 1 aromatic carbocycles. The number of rotatable bonds is 6. The number of cyclic esters (lactones) is 1. The second-order valence-corrected chi connectivity index (χ2v) is 7.65. The number of benzene rings is 1. The number of hydrogen-bond donors (Lipinski definition) is 3. The van der Waals surface area contributed by atoms with Gasteiger partial charge in [0.25, 0.3) is 0 Å². The van der Waals surface area contributed by atoms with Crippen LogP contribution >= 0.6 is 11.3 Å². The monoisotopic (exact) mass is 415 g/mol. The van der Waals surface area contributed by atoms with Crippen LogP contribution in [0.4, 0.5) is 14.9 Å². The number of anilines is 1. The highest BCUT2D eigenvalue weighted by atomic mass is 32.1. The number of carbonyl (C=O) groups excluding carboxylic acids is 1. The van der Waals surface area contributed by atoms with Crippen LogP contribution in [0, 0.1) is 0 Å². The minimum Gasteiger partial charge on any atom is -0.444 e. The van der Waals surface area contributed by atoms with Crippen LogP contribution in [0.1, 0.15) is 22.9 Å². The van der Waals surface area contributed by atoms with E-state index in [9.17, 15) is 14.0 Å². The van der Waals surface area contributed by atoms with Crippen molar-refractivity contribution >= 4 is 23.1 Å². The summed E-state index contributed by atoms with van der Waals surface area (Å²) in [6.07, 6.45) is 1.66. The first-order chi connectivity index (χ1) is 14.1. The summed E-state index contributed by atoms with van der Waals surface area (Å²) in [5.41, 5.74) is 8.16. The van der Waals surface area contributed by atoms with Crippen molar-refractivity contribution in [2.75, 3.05) is 11.9 Å². The molecular weight excluding hydrogens is 397 g/mol. The number of aromatic amines is 1. The average Bonchev–Trinajstić information content (AvgIpc) is 3.38. The highest BCUT2D eigenvalue weighted by Gasteiger charge is 2.21. The molecule has 0 radical (unpaired) electrons. The summed E-state index contributed by atoms with van der Waals surface area (Å²) in [5, 5.41) is 8.84. The van der Waals surface area contributed by atoms with Crippen LogP contribution in [0.5, 0.6) is 0 Å². The van der Waals surface area contributed by atoms with Crippen LogP contribution in [-0.2, 0) is 11.3 Å². The minimum atomic E-state index is -0.478. The number of nitrogens with zero attached hydrogens (tertiary/aromatic N) is 2. The predicted molar refractivity (Wildman–Crippen MR) is 107 cm³/mol. The van der Waals surface area contributed by atoms with Gasteiger partial charge in [-0.05, 0) is 35.8 Å². The van der Waals surface area contributed by atoms with E-state index in [0.29, 0.717) is 17.6 Å². The van der Waals surface area contributed by atoms with Crippen molar-refractivity contribution in [1.82, 2.24) is 14.8 Å². The van der Waals surface area contributed by atoms with Crippen LogP contribution in [0.25, 0.3) is 10.4 Å². The van der Waals surface area contributed by atoms with Gasteiger partial charge in [-0.25, -0.2) is 19.1 Å². The molecule has 0 bridgehead atoms. The lowest BCUT2D eigenvalue weighted by Gasteiger charge is -2.18. The highest BCUT2D eigenvalue weighted by Crippen LogP contribution is 2.37. The molecule has 0 fully saturated rings. The Hall–Kier alpha value is -3.24. The Bertz CT molecular complexity index is 1130. The van der Waals surface area contributed by atoms with E-state index < -0.39 is 12.1 Å². The third-order valence-electron chi connectivity index (χ3n) is 4.73. The maximum atomic E-state index is 13.1. The third kappa shape index (κ3) is 3.84. The van der Waals surface area contributed by atoms with Crippen LogP contribution < -0.4 is 16.7 Å². The Kier molecular flexibility index (Phi) is 5.28. The molecule has 150 valence electrons. The fourth-order valence-electron chi connectivity index (χ4n) is 3.18. The number of amides is 1. The number of halogens is 1. The van der Waals surface area contributed by atoms with Gasteiger partial charge >= 0.3 is 11.8 Å². The number of hydrogen-bond acceptors (Lipinski definition) is 6. The summed E-state index contributed by atoms with van der Waals surface area (Å²) < 4.78 is 19.5. The molecule has 1 amide bonds. The molecule has 0 spiro atoms. The maximum absolute atomic E-state index is 13.1. The average molecular weight is 415 g/mol. The number of nitrogens with one attached hydrogen (secondary N) is 2. The predicted octanol–water partition coefficient (Wildman–Crippen LogP) is 3.15. The second-order valence-electron chi connectivity index (χ2n) is 6.54. The van der Waals surface area contributed by atoms with E-state index in [2.05, 4.69) is 15.5 Å². The molecule has 3 aromatic rings. The maximum Gasteiger partial charge on any atom is 0.411 e. The molecular formula is C19H18FN5O3S. The molecule has 10 heteroatoms. The number of H-pyrrole nitrogens is 1. The molecule has 3 heterocycles. The third-order valence-corrected chi connectivity index (χ3v) is 5.97. The largest absolute Gasteiger partial charge is 0.444 e. The van der Waals surface area contributed by atoms with Crippen molar-refractivity contribution in [3.8, 4) is 10.4 Å². The standard InChI is InChI=1S/C19H18FN5O3S/c20-7-11(8-21)5-15(25-10-22-24-18(25)26)17-4-3-16(29-17)12-1-2-13-9-28-19(27)23-14(13)6-12/h1-4,6-7,10,15H,5,8-9,21H2,(H,23,27)(H,24,26)/b11-7+. The van der Waals surface area contributed by atoms with Gasteiger partial charge in [-0.15, -0.1) is 11.3 Å². The van der Waals surface area contributed by atoms with E-state index in [-0.39, 0.29) is 25.3 Å². The summed E-state index contributed by atoms with van der Waals surface area (Å²) in [4.78, 5) is 25.4. The van der Waals surface area contributed by atoms with E-state index in [1.54, 1.807) is 0 Å². The van der Waals surface area contributed by atoms with Crippen LogP contribution in [0.2, 0.25) is 0 Å². The second kappa shape index (κ2) is 8.02. The van der Waals surface area contributed by atoms with Crippen molar-refractivity contribution < 1.29 is 13.9 Å². The molecule has 1 aliphatic rings. The summed E-state index contributed by atoms with van der Waals surface area (Å²) >= 11 is 1.48. The molecule has 1 unspecified atom stereocenters. The van der Waals surface area contributed by atoms with Crippen LogP contribution in [0.3, 0.4) is 0 Å². The van der Waals surface area contributed by atoms with E-state index in [0.717, 1.165) is 20.9 Å². The molecule has 4 N–H and O–H groups in total. The van der Waals surface area contributed by atoms with Crippen molar-refractivity contribution in [3.63, 3.8) is 0 Å². The molecule has 2 aromatic heterocycles. The topological polar surface area (TPSA) is 115 Å². The Morgan fingerprint density at radius 1 is 1.38 bits per heavy atom. The van der Waals surface area contributed by atoms with Gasteiger partial charge in [0, 0.05) is 21.9 Å². The fourth-order valence-corrected chi connectivity index (χ4v) is 4.29. The number of fused-ring (bicyclic) bond motifs is 1. The van der Waals surface area contributed by atoms with Gasteiger partial charge in [0.2, 0.25) is 0 Å². The quantitative estimate of drug-likeness (QED) is 0.572. The molecule has 4 rings (SSSR count). The first-order valence-electron chi connectivity index (χ1n) is 8.85. The molecule has 0 aliphatic carbocycles. The molecule has 1 aliphatic heterocycles. The smallest absolute Gasteiger partial charge is 0.411 e. The lowest BCUT2D eigenvalue weighted by Crippen LogP contribution is -2.23. The molecule has 29 heavy (non-hydrogen) atoms. The molecule has 0 saturated heterocycles. The van der Waals surface area contributed by atoms with E-state index >= 15 is 0 Å². The Balaban J connectivity index is 1.69. The van der Waals surface area contributed by atoms with Crippen molar-refractivity contribution in [1.29, 1.82) is 0 Å². The van der Waals surface area contributed by atoms with Gasteiger partial charge in [0.15, 0.2) is 0 Å². The highest BCUT2D eigenvalue weighted by molar-refractivity contribution is 7.15. The number of carbonyl (C=O) groups is 1. The van der Waals surface area contributed by atoms with Gasteiger partial charge in [-0.1, -0.05) is 12.1 Å². The van der Waals surface area contributed by atoms with E-state index in [4.69, 9.17) is 10.5 Å². The number of aromatic nitrogens is 3. The molecule has 8 nitrogen and oxygen atoms in total. The number of nitrogens with two attached hydrogens (primary N) is 1. The first kappa shape index (κ1) is 19.1. The Morgan fingerprint density at radius 2 is 2.24 bits per heavy atom. The first-order valence-corrected chi connectivity index (χ1v) is 9.67. The lowest BCUT2D eigenvalue weighted by atomic mass is 10.1. The zero-order valence-electron chi connectivity index (χ0n) is 15.2. The van der Waals surface area contributed by atoms with Crippen LogP contribution in [-0.4, -0.2) is 27.4 Å². The summed E-state index contributed by atoms with van der Waals surface area (Å²) in [6.45, 7) is 0.296. The molecule has 0 saturated carbocycles. The van der Waals surface area contributed by atoms with Gasteiger partial charge in [-0.3, -0.25) is 9.88 Å². The zero-order valence-corrected chi connectivity index (χ0v) is 16.0. The van der Waals surface area contributed by atoms with Crippen molar-refractivity contribution in [3.05, 3.63) is 69.5 Å². The van der Waals surface area contributed by atoms with E-state index in [1.807, 2.05) is 30.3 Å². The Morgan fingerprint density at radius 3 is 2.97 bits per heavy atom. The minimum absolute atomic E-state index is 0.0599. The number of ether oxygens (including phenoxy) is 1. The van der Waals surface area contributed by atoms with Crippen molar-refractivity contribution in [2.24, 2.45) is 5.73 Å². The zero-order chi connectivity index (χ0) is 20.4. The fraction of sp³-hybridized carbons (Fsp3) is 0.211. The summed E-state index contributed by atoms with van der Waals surface area (Å²) in [5.74, 6) is 0. The number of thiophene rings is 1. The summed E-state index contributed by atoms with van der Waals surface area (Å²) in [7, 11) is 0.